The molecule has 2 fully saturated rings. The first-order valence-electron chi connectivity index (χ1n) is 7.81. The minimum atomic E-state index is 0.212. The Bertz CT molecular complexity index is 678. The van der Waals surface area contributed by atoms with Gasteiger partial charge in [0.2, 0.25) is 0 Å². The van der Waals surface area contributed by atoms with E-state index in [-0.39, 0.29) is 5.41 Å². The van der Waals surface area contributed by atoms with Gasteiger partial charge >= 0.3 is 0 Å². The molecule has 1 saturated carbocycles. The summed E-state index contributed by atoms with van der Waals surface area (Å²) in [4.78, 5) is 4.53. The molecule has 4 rings (SSSR count). The molecule has 0 spiro atoms. The molecule has 112 valence electrons. The SMILES string of the molecule is Cc1nc2ccc(NC3C4CCCOC4C3(C)C)cc2s1. The predicted octanol–water partition coefficient (Wildman–Crippen LogP) is 4.22. The number of ether oxygens (including phenoxy) is 1. The van der Waals surface area contributed by atoms with Gasteiger partial charge in [-0.3, -0.25) is 0 Å². The Morgan fingerprint density at radius 3 is 3.10 bits per heavy atom. The lowest BCUT2D eigenvalue weighted by molar-refractivity contribution is -0.177. The van der Waals surface area contributed by atoms with Crippen LogP contribution in [0.1, 0.15) is 31.7 Å². The summed E-state index contributed by atoms with van der Waals surface area (Å²) >= 11 is 1.77. The van der Waals surface area contributed by atoms with E-state index in [1.54, 1.807) is 11.3 Å². The van der Waals surface area contributed by atoms with E-state index in [0.717, 1.165) is 17.1 Å². The van der Waals surface area contributed by atoms with Crippen molar-refractivity contribution in [2.45, 2.75) is 45.8 Å². The van der Waals surface area contributed by atoms with E-state index in [2.05, 4.69) is 49.3 Å². The van der Waals surface area contributed by atoms with Crippen LogP contribution in [0.2, 0.25) is 0 Å². The van der Waals surface area contributed by atoms with Crippen molar-refractivity contribution in [1.82, 2.24) is 4.98 Å². The molecule has 1 aliphatic carbocycles. The molecular formula is C17H22N2OS. The number of aryl methyl sites for hydroxylation is 1. The predicted molar refractivity (Wildman–Crippen MR) is 88.0 cm³/mol. The Labute approximate surface area is 129 Å². The van der Waals surface area contributed by atoms with Crippen molar-refractivity contribution in [3.8, 4) is 0 Å². The van der Waals surface area contributed by atoms with E-state index in [9.17, 15) is 0 Å². The molecule has 2 aliphatic rings. The van der Waals surface area contributed by atoms with Crippen molar-refractivity contribution in [2.24, 2.45) is 11.3 Å². The quantitative estimate of drug-likeness (QED) is 0.902. The second kappa shape index (κ2) is 4.68. The van der Waals surface area contributed by atoms with Gasteiger partial charge in [-0.15, -0.1) is 11.3 Å². The van der Waals surface area contributed by atoms with Crippen LogP contribution in [0.5, 0.6) is 0 Å². The van der Waals surface area contributed by atoms with Gasteiger partial charge in [-0.25, -0.2) is 4.98 Å². The number of hydrogen-bond donors (Lipinski definition) is 1. The molecule has 0 amide bonds. The maximum absolute atomic E-state index is 5.99. The van der Waals surface area contributed by atoms with Gasteiger partial charge in [0.25, 0.3) is 0 Å². The maximum atomic E-state index is 5.99. The van der Waals surface area contributed by atoms with Gasteiger partial charge in [0, 0.05) is 29.7 Å². The van der Waals surface area contributed by atoms with Crippen LogP contribution in [0, 0.1) is 18.3 Å². The first-order chi connectivity index (χ1) is 10.1. The maximum Gasteiger partial charge on any atom is 0.0907 e. The summed E-state index contributed by atoms with van der Waals surface area (Å²) < 4.78 is 7.26. The summed E-state index contributed by atoms with van der Waals surface area (Å²) in [6, 6.07) is 7.04. The Hall–Kier alpha value is -1.13. The van der Waals surface area contributed by atoms with Crippen molar-refractivity contribution in [1.29, 1.82) is 0 Å². The zero-order valence-corrected chi connectivity index (χ0v) is 13.7. The first-order valence-corrected chi connectivity index (χ1v) is 8.63. The fourth-order valence-corrected chi connectivity index (χ4v) is 4.99. The molecule has 1 aliphatic heterocycles. The highest BCUT2D eigenvalue weighted by molar-refractivity contribution is 7.18. The minimum Gasteiger partial charge on any atom is -0.381 e. The van der Waals surface area contributed by atoms with Crippen LogP contribution < -0.4 is 5.32 Å². The molecule has 0 radical (unpaired) electrons. The highest BCUT2D eigenvalue weighted by Crippen LogP contribution is 2.52. The largest absolute Gasteiger partial charge is 0.381 e. The van der Waals surface area contributed by atoms with Gasteiger partial charge in [-0.1, -0.05) is 13.8 Å². The number of nitrogens with one attached hydrogen (secondary N) is 1. The van der Waals surface area contributed by atoms with Crippen molar-refractivity contribution in [3.63, 3.8) is 0 Å². The lowest BCUT2D eigenvalue weighted by Gasteiger charge is -2.60. The number of hydrogen-bond acceptors (Lipinski definition) is 4. The summed E-state index contributed by atoms with van der Waals surface area (Å²) in [5, 5.41) is 4.90. The van der Waals surface area contributed by atoms with Crippen LogP contribution in [0.25, 0.3) is 10.2 Å². The third kappa shape index (κ3) is 2.08. The van der Waals surface area contributed by atoms with Crippen molar-refractivity contribution < 1.29 is 4.74 Å². The van der Waals surface area contributed by atoms with Crippen LogP contribution in [0.3, 0.4) is 0 Å². The number of fused-ring (bicyclic) bond motifs is 2. The van der Waals surface area contributed by atoms with Gasteiger partial charge in [-0.2, -0.15) is 0 Å². The number of rotatable bonds is 2. The summed E-state index contributed by atoms with van der Waals surface area (Å²) in [6.45, 7) is 7.65. The average molecular weight is 302 g/mol. The highest BCUT2D eigenvalue weighted by atomic mass is 32.1. The van der Waals surface area contributed by atoms with E-state index in [1.807, 2.05) is 0 Å². The van der Waals surface area contributed by atoms with Gasteiger partial charge in [0.05, 0.1) is 21.3 Å². The summed E-state index contributed by atoms with van der Waals surface area (Å²) in [5.74, 6) is 0.660. The molecule has 3 nitrogen and oxygen atoms in total. The summed E-state index contributed by atoms with van der Waals surface area (Å²) in [6.07, 6.45) is 2.91. The summed E-state index contributed by atoms with van der Waals surface area (Å²) in [7, 11) is 0. The standard InChI is InChI=1S/C17H22N2OS/c1-10-18-13-7-6-11(9-14(13)21-10)19-15-12-5-4-8-20-16(12)17(15,2)3/h6-7,9,12,15-16,19H,4-5,8H2,1-3H3. The van der Waals surface area contributed by atoms with Crippen LogP contribution in [-0.4, -0.2) is 23.7 Å². The molecule has 2 heterocycles. The molecule has 1 N–H and O–H groups in total. The van der Waals surface area contributed by atoms with Gasteiger partial charge in [-0.05, 0) is 38.0 Å². The van der Waals surface area contributed by atoms with Gasteiger partial charge < -0.3 is 10.1 Å². The molecule has 2 aromatic rings. The smallest absolute Gasteiger partial charge is 0.0907 e. The third-order valence-corrected chi connectivity index (χ3v) is 6.08. The number of aromatic nitrogens is 1. The van der Waals surface area contributed by atoms with E-state index < -0.39 is 0 Å². The fourth-order valence-electron chi connectivity index (χ4n) is 4.12. The second-order valence-corrected chi connectivity index (χ2v) is 8.19. The zero-order valence-electron chi connectivity index (χ0n) is 12.8. The van der Waals surface area contributed by atoms with E-state index >= 15 is 0 Å². The molecule has 21 heavy (non-hydrogen) atoms. The van der Waals surface area contributed by atoms with Crippen LogP contribution in [0.15, 0.2) is 18.2 Å². The topological polar surface area (TPSA) is 34.2 Å². The zero-order chi connectivity index (χ0) is 14.6. The second-order valence-electron chi connectivity index (χ2n) is 6.96. The Morgan fingerprint density at radius 2 is 2.24 bits per heavy atom. The molecule has 1 aromatic carbocycles. The Morgan fingerprint density at radius 1 is 1.38 bits per heavy atom. The monoisotopic (exact) mass is 302 g/mol. The third-order valence-electron chi connectivity index (χ3n) is 5.15. The fraction of sp³-hybridized carbons (Fsp3) is 0.588. The molecule has 1 aromatic heterocycles. The molecule has 3 atom stereocenters. The molecule has 3 unspecified atom stereocenters. The highest BCUT2D eigenvalue weighted by Gasteiger charge is 2.57. The molecular weight excluding hydrogens is 280 g/mol. The Kier molecular flexibility index (Phi) is 3.02. The Balaban J connectivity index is 1.59. The molecule has 1 saturated heterocycles. The number of thiazole rings is 1. The van der Waals surface area contributed by atoms with Crippen molar-refractivity contribution in [2.75, 3.05) is 11.9 Å². The lowest BCUT2D eigenvalue weighted by atomic mass is 9.55. The number of nitrogens with zero attached hydrogens (tertiary/aromatic N) is 1. The number of anilines is 1. The summed E-state index contributed by atoms with van der Waals surface area (Å²) in [5.41, 5.74) is 2.53. The molecule has 4 heteroatoms. The minimum absolute atomic E-state index is 0.212. The number of benzene rings is 1. The van der Waals surface area contributed by atoms with E-state index in [1.165, 1.54) is 23.2 Å². The van der Waals surface area contributed by atoms with Crippen LogP contribution in [0.4, 0.5) is 5.69 Å². The van der Waals surface area contributed by atoms with Crippen molar-refractivity contribution in [3.05, 3.63) is 23.2 Å². The van der Waals surface area contributed by atoms with Gasteiger partial charge in [0.15, 0.2) is 0 Å². The average Bonchev–Trinajstić information content (AvgIpc) is 2.84. The van der Waals surface area contributed by atoms with Crippen LogP contribution >= 0.6 is 11.3 Å². The normalized spacial score (nSPS) is 30.7. The van der Waals surface area contributed by atoms with E-state index in [0.29, 0.717) is 18.1 Å². The van der Waals surface area contributed by atoms with Crippen molar-refractivity contribution >= 4 is 27.2 Å². The lowest BCUT2D eigenvalue weighted by Crippen LogP contribution is -2.67. The van der Waals surface area contributed by atoms with E-state index in [4.69, 9.17) is 4.74 Å². The molecule has 0 bridgehead atoms. The van der Waals surface area contributed by atoms with Crippen LogP contribution in [-0.2, 0) is 4.74 Å². The van der Waals surface area contributed by atoms with Gasteiger partial charge in [0.1, 0.15) is 0 Å². The first kappa shape index (κ1) is 13.5.